The lowest BCUT2D eigenvalue weighted by Gasteiger charge is -2.31. The van der Waals surface area contributed by atoms with Crippen molar-refractivity contribution in [2.24, 2.45) is 0 Å². The van der Waals surface area contributed by atoms with Gasteiger partial charge in [-0.25, -0.2) is 4.79 Å². The molecule has 6 nitrogen and oxygen atoms in total. The second-order valence-corrected chi connectivity index (χ2v) is 4.68. The van der Waals surface area contributed by atoms with Crippen LogP contribution in [0.3, 0.4) is 0 Å². The highest BCUT2D eigenvalue weighted by atomic mass is 16.5. The van der Waals surface area contributed by atoms with Crippen molar-refractivity contribution in [3.05, 3.63) is 23.8 Å². The minimum atomic E-state index is -1.33. The number of carboxylic acids is 1. The van der Waals surface area contributed by atoms with Crippen molar-refractivity contribution in [1.82, 2.24) is 4.90 Å². The summed E-state index contributed by atoms with van der Waals surface area (Å²) in [6.07, 6.45) is 0. The van der Waals surface area contributed by atoms with Crippen LogP contribution in [0.5, 0.6) is 5.75 Å². The number of nitrogens with zero attached hydrogens (tertiary/aromatic N) is 1. The van der Waals surface area contributed by atoms with Gasteiger partial charge >= 0.3 is 5.97 Å². The summed E-state index contributed by atoms with van der Waals surface area (Å²) in [6, 6.07) is 4.67. The lowest BCUT2D eigenvalue weighted by molar-refractivity contribution is -0.147. The Morgan fingerprint density at radius 1 is 1.37 bits per heavy atom. The van der Waals surface area contributed by atoms with Gasteiger partial charge in [0.05, 0.1) is 12.7 Å². The first-order valence-corrected chi connectivity index (χ1v) is 5.67. The molecule has 3 N–H and O–H groups in total. The van der Waals surface area contributed by atoms with E-state index in [0.29, 0.717) is 5.75 Å². The number of aliphatic carboxylic acids is 1. The van der Waals surface area contributed by atoms with E-state index in [1.807, 2.05) is 0 Å². The van der Waals surface area contributed by atoms with Crippen LogP contribution in [0.2, 0.25) is 0 Å². The molecule has 0 fully saturated rings. The standard InChI is InChI=1S/C13H18N2O4/c1-13(2,12(17)18)15(3)11(16)9-7-8(19-4)5-6-10(9)14/h5-7H,14H2,1-4H3,(H,17,18). The Balaban J connectivity index is 3.17. The number of ether oxygens (including phenoxy) is 1. The fourth-order valence-corrected chi connectivity index (χ4v) is 1.43. The maximum Gasteiger partial charge on any atom is 0.329 e. The fraction of sp³-hybridized carbons (Fsp3) is 0.385. The van der Waals surface area contributed by atoms with Crippen molar-refractivity contribution in [2.75, 3.05) is 19.9 Å². The van der Waals surface area contributed by atoms with Gasteiger partial charge in [-0.3, -0.25) is 4.79 Å². The second-order valence-electron chi connectivity index (χ2n) is 4.68. The molecule has 1 aromatic carbocycles. The van der Waals surface area contributed by atoms with Gasteiger partial charge in [0.2, 0.25) is 0 Å². The molecule has 0 saturated carbocycles. The third-order valence-electron chi connectivity index (χ3n) is 3.16. The summed E-state index contributed by atoms with van der Waals surface area (Å²) in [4.78, 5) is 24.6. The number of carbonyl (C=O) groups excluding carboxylic acids is 1. The van der Waals surface area contributed by atoms with Crippen LogP contribution in [0, 0.1) is 0 Å². The molecule has 0 aliphatic carbocycles. The van der Waals surface area contributed by atoms with E-state index in [1.54, 1.807) is 12.1 Å². The lowest BCUT2D eigenvalue weighted by atomic mass is 10.0. The highest BCUT2D eigenvalue weighted by Crippen LogP contribution is 2.23. The van der Waals surface area contributed by atoms with Crippen molar-refractivity contribution in [1.29, 1.82) is 0 Å². The van der Waals surface area contributed by atoms with Crippen LogP contribution in [-0.4, -0.2) is 41.6 Å². The summed E-state index contributed by atoms with van der Waals surface area (Å²) in [7, 11) is 2.90. The van der Waals surface area contributed by atoms with E-state index < -0.39 is 17.4 Å². The number of anilines is 1. The van der Waals surface area contributed by atoms with Crippen LogP contribution < -0.4 is 10.5 Å². The lowest BCUT2D eigenvalue weighted by Crippen LogP contribution is -2.50. The van der Waals surface area contributed by atoms with Gasteiger partial charge in [0.1, 0.15) is 11.3 Å². The number of nitrogens with two attached hydrogens (primary N) is 1. The van der Waals surface area contributed by atoms with Crippen LogP contribution in [0.15, 0.2) is 18.2 Å². The normalized spacial score (nSPS) is 10.9. The summed E-state index contributed by atoms with van der Waals surface area (Å²) in [5, 5.41) is 9.13. The average Bonchev–Trinajstić information content (AvgIpc) is 2.37. The van der Waals surface area contributed by atoms with Gasteiger partial charge in [-0.15, -0.1) is 0 Å². The monoisotopic (exact) mass is 266 g/mol. The first-order valence-electron chi connectivity index (χ1n) is 5.67. The van der Waals surface area contributed by atoms with Crippen LogP contribution in [0.1, 0.15) is 24.2 Å². The van der Waals surface area contributed by atoms with Gasteiger partial charge in [0.15, 0.2) is 0 Å². The van der Waals surface area contributed by atoms with Crippen molar-refractivity contribution < 1.29 is 19.4 Å². The fourth-order valence-electron chi connectivity index (χ4n) is 1.43. The third kappa shape index (κ3) is 2.78. The van der Waals surface area contributed by atoms with E-state index in [0.717, 1.165) is 4.90 Å². The van der Waals surface area contributed by atoms with E-state index in [9.17, 15) is 9.59 Å². The number of nitrogen functional groups attached to an aromatic ring is 1. The van der Waals surface area contributed by atoms with Crippen LogP contribution >= 0.6 is 0 Å². The van der Waals surface area contributed by atoms with E-state index >= 15 is 0 Å². The minimum Gasteiger partial charge on any atom is -0.497 e. The molecule has 0 bridgehead atoms. The Morgan fingerprint density at radius 3 is 2.42 bits per heavy atom. The number of carbonyl (C=O) groups is 2. The smallest absolute Gasteiger partial charge is 0.329 e. The zero-order valence-corrected chi connectivity index (χ0v) is 11.4. The molecule has 0 heterocycles. The van der Waals surface area contributed by atoms with E-state index in [4.69, 9.17) is 15.6 Å². The number of rotatable bonds is 4. The molecule has 1 aromatic rings. The summed E-state index contributed by atoms with van der Waals surface area (Å²) in [5.74, 6) is -1.08. The molecular weight excluding hydrogens is 248 g/mol. The number of likely N-dealkylation sites (N-methyl/N-ethyl adjacent to an activating group) is 1. The zero-order chi connectivity index (χ0) is 14.8. The van der Waals surface area contributed by atoms with E-state index in [1.165, 1.54) is 34.1 Å². The number of hydrogen-bond donors (Lipinski definition) is 2. The molecule has 0 saturated heterocycles. The largest absolute Gasteiger partial charge is 0.497 e. The van der Waals surface area contributed by atoms with E-state index in [-0.39, 0.29) is 11.3 Å². The third-order valence-corrected chi connectivity index (χ3v) is 3.16. The Morgan fingerprint density at radius 2 is 1.95 bits per heavy atom. The van der Waals surface area contributed by atoms with Gasteiger partial charge in [-0.05, 0) is 32.0 Å². The SMILES string of the molecule is COc1ccc(N)c(C(=O)N(C)C(C)(C)C(=O)O)c1. The maximum absolute atomic E-state index is 12.3. The summed E-state index contributed by atoms with van der Waals surface area (Å²) in [5.41, 5.74) is 4.92. The van der Waals surface area contributed by atoms with Crippen LogP contribution in [-0.2, 0) is 4.79 Å². The van der Waals surface area contributed by atoms with Crippen molar-refractivity contribution in [2.45, 2.75) is 19.4 Å². The zero-order valence-electron chi connectivity index (χ0n) is 11.4. The van der Waals surface area contributed by atoms with Crippen molar-refractivity contribution in [3.8, 4) is 5.75 Å². The second kappa shape index (κ2) is 5.17. The van der Waals surface area contributed by atoms with Gasteiger partial charge in [-0.2, -0.15) is 0 Å². The Bertz CT molecular complexity index is 511. The molecule has 0 atom stereocenters. The first kappa shape index (κ1) is 14.8. The number of methoxy groups -OCH3 is 1. The van der Waals surface area contributed by atoms with Gasteiger partial charge in [-0.1, -0.05) is 0 Å². The Hall–Kier alpha value is -2.24. The molecular formula is C13H18N2O4. The highest BCUT2D eigenvalue weighted by molar-refractivity contribution is 6.01. The van der Waals surface area contributed by atoms with Crippen LogP contribution in [0.4, 0.5) is 5.69 Å². The van der Waals surface area contributed by atoms with Gasteiger partial charge < -0.3 is 20.5 Å². The molecule has 104 valence electrons. The predicted molar refractivity (Wildman–Crippen MR) is 71.2 cm³/mol. The average molecular weight is 266 g/mol. The number of amides is 1. The maximum atomic E-state index is 12.3. The molecule has 0 aliphatic rings. The molecule has 1 amide bonds. The summed E-state index contributed by atoms with van der Waals surface area (Å²) in [6.45, 7) is 2.90. The topological polar surface area (TPSA) is 92.9 Å². The molecule has 0 aromatic heterocycles. The minimum absolute atomic E-state index is 0.219. The number of carboxylic acid groups (broad SMARTS) is 1. The molecule has 0 radical (unpaired) electrons. The number of benzene rings is 1. The Kier molecular flexibility index (Phi) is 4.04. The van der Waals surface area contributed by atoms with Gasteiger partial charge in [0, 0.05) is 12.7 Å². The van der Waals surface area contributed by atoms with Crippen LogP contribution in [0.25, 0.3) is 0 Å². The molecule has 0 aliphatic heterocycles. The van der Waals surface area contributed by atoms with Crippen molar-refractivity contribution >= 4 is 17.6 Å². The number of hydrogen-bond acceptors (Lipinski definition) is 4. The molecule has 6 heteroatoms. The summed E-state index contributed by atoms with van der Waals surface area (Å²) < 4.78 is 5.03. The summed E-state index contributed by atoms with van der Waals surface area (Å²) >= 11 is 0. The van der Waals surface area contributed by atoms with Gasteiger partial charge in [0.25, 0.3) is 5.91 Å². The Labute approximate surface area is 111 Å². The molecule has 1 rings (SSSR count). The van der Waals surface area contributed by atoms with Crippen molar-refractivity contribution in [3.63, 3.8) is 0 Å². The highest BCUT2D eigenvalue weighted by Gasteiger charge is 2.36. The predicted octanol–water partition coefficient (Wildman–Crippen LogP) is 1.21. The van der Waals surface area contributed by atoms with E-state index in [2.05, 4.69) is 0 Å². The first-order chi connectivity index (χ1) is 8.71. The molecule has 0 unspecified atom stereocenters. The molecule has 0 spiro atoms. The quantitative estimate of drug-likeness (QED) is 0.799. The molecule has 19 heavy (non-hydrogen) atoms.